The molecule has 1 atom stereocenters. The number of benzene rings is 1. The topological polar surface area (TPSA) is 94.0 Å². The highest BCUT2D eigenvalue weighted by molar-refractivity contribution is 6.00. The molecule has 2 aromatic heterocycles. The number of rotatable bonds is 3. The number of aromatic nitrogens is 4. The zero-order valence-electron chi connectivity index (χ0n) is 11.9. The van der Waals surface area contributed by atoms with Crippen LogP contribution in [0.3, 0.4) is 0 Å². The van der Waals surface area contributed by atoms with Gasteiger partial charge in [0.25, 0.3) is 0 Å². The van der Waals surface area contributed by atoms with Crippen molar-refractivity contribution in [1.29, 1.82) is 0 Å². The lowest BCUT2D eigenvalue weighted by atomic mass is 10.1. The van der Waals surface area contributed by atoms with Crippen LogP contribution in [0.1, 0.15) is 40.3 Å². The average molecular weight is 286 g/mol. The van der Waals surface area contributed by atoms with Gasteiger partial charge in [-0.1, -0.05) is 16.4 Å². The summed E-state index contributed by atoms with van der Waals surface area (Å²) in [7, 11) is 0. The van der Waals surface area contributed by atoms with E-state index in [9.17, 15) is 9.90 Å². The highest BCUT2D eigenvalue weighted by Crippen LogP contribution is 2.28. The Bertz CT molecular complexity index is 814. The van der Waals surface area contributed by atoms with Gasteiger partial charge in [-0.2, -0.15) is 0 Å². The van der Waals surface area contributed by atoms with E-state index in [0.717, 1.165) is 11.3 Å². The van der Waals surface area contributed by atoms with Crippen LogP contribution >= 0.6 is 0 Å². The first-order valence-electron chi connectivity index (χ1n) is 6.50. The fourth-order valence-corrected chi connectivity index (χ4v) is 2.65. The predicted molar refractivity (Wildman–Crippen MR) is 74.3 cm³/mol. The molecule has 21 heavy (non-hydrogen) atoms. The monoisotopic (exact) mass is 286 g/mol. The van der Waals surface area contributed by atoms with Crippen molar-refractivity contribution in [1.82, 2.24) is 20.2 Å². The largest absolute Gasteiger partial charge is 0.478 e. The zero-order valence-corrected chi connectivity index (χ0v) is 11.9. The number of carboxylic acids is 1. The summed E-state index contributed by atoms with van der Waals surface area (Å²) in [5, 5.41) is 21.4. The maximum Gasteiger partial charge on any atom is 0.337 e. The highest BCUT2D eigenvalue weighted by Gasteiger charge is 2.23. The number of para-hydroxylation sites is 1. The summed E-state index contributed by atoms with van der Waals surface area (Å²) in [5.41, 5.74) is 2.88. The molecule has 0 fully saturated rings. The molecule has 7 heteroatoms. The van der Waals surface area contributed by atoms with Crippen molar-refractivity contribution in [3.05, 3.63) is 40.8 Å². The van der Waals surface area contributed by atoms with Crippen molar-refractivity contribution >= 4 is 17.0 Å². The molecular formula is C14H14N4O3. The third kappa shape index (κ3) is 1.97. The number of nitrogens with zero attached hydrogens (tertiary/aromatic N) is 4. The van der Waals surface area contributed by atoms with Crippen molar-refractivity contribution in [3.8, 4) is 0 Å². The number of hydrogen-bond donors (Lipinski definition) is 1. The van der Waals surface area contributed by atoms with Gasteiger partial charge >= 0.3 is 5.97 Å². The van der Waals surface area contributed by atoms with Crippen LogP contribution in [0.15, 0.2) is 22.7 Å². The molecule has 0 aliphatic heterocycles. The van der Waals surface area contributed by atoms with Crippen LogP contribution in [0.5, 0.6) is 0 Å². The van der Waals surface area contributed by atoms with Crippen LogP contribution in [0.4, 0.5) is 0 Å². The number of aryl methyl sites for hydroxylation is 2. The fourth-order valence-electron chi connectivity index (χ4n) is 2.65. The molecule has 0 radical (unpaired) electrons. The van der Waals surface area contributed by atoms with Gasteiger partial charge < -0.3 is 9.63 Å². The molecule has 7 nitrogen and oxygen atoms in total. The van der Waals surface area contributed by atoms with Gasteiger partial charge in [0, 0.05) is 5.56 Å². The fraction of sp³-hybridized carbons (Fsp3) is 0.286. The third-order valence-corrected chi connectivity index (χ3v) is 3.60. The Morgan fingerprint density at radius 1 is 1.38 bits per heavy atom. The number of fused-ring (bicyclic) bond motifs is 1. The smallest absolute Gasteiger partial charge is 0.337 e. The lowest BCUT2D eigenvalue weighted by Gasteiger charge is -2.13. The van der Waals surface area contributed by atoms with Crippen LogP contribution in [0.25, 0.3) is 11.0 Å². The minimum Gasteiger partial charge on any atom is -0.478 e. The second-order valence-electron chi connectivity index (χ2n) is 4.93. The SMILES string of the molecule is Cc1noc(C)c1C(C)n1nnc2cccc(C(=O)O)c21. The van der Waals surface area contributed by atoms with E-state index in [1.807, 2.05) is 20.8 Å². The second-order valence-corrected chi connectivity index (χ2v) is 4.93. The van der Waals surface area contributed by atoms with Crippen molar-refractivity contribution in [2.75, 3.05) is 0 Å². The van der Waals surface area contributed by atoms with E-state index in [0.29, 0.717) is 16.8 Å². The molecular weight excluding hydrogens is 272 g/mol. The molecule has 0 aliphatic carbocycles. The van der Waals surface area contributed by atoms with Gasteiger partial charge in [0.1, 0.15) is 16.8 Å². The molecule has 3 aromatic rings. The summed E-state index contributed by atoms with van der Waals surface area (Å²) in [6.07, 6.45) is 0. The van der Waals surface area contributed by atoms with E-state index < -0.39 is 5.97 Å². The quantitative estimate of drug-likeness (QED) is 0.794. The normalized spacial score (nSPS) is 12.7. The van der Waals surface area contributed by atoms with Crippen LogP contribution in [0, 0.1) is 13.8 Å². The van der Waals surface area contributed by atoms with Gasteiger partial charge in [0.2, 0.25) is 0 Å². The van der Waals surface area contributed by atoms with Crippen LogP contribution in [-0.2, 0) is 0 Å². The Balaban J connectivity index is 2.24. The van der Waals surface area contributed by atoms with Gasteiger partial charge in [0.05, 0.1) is 17.3 Å². The van der Waals surface area contributed by atoms with E-state index >= 15 is 0 Å². The minimum atomic E-state index is -1.00. The third-order valence-electron chi connectivity index (χ3n) is 3.60. The van der Waals surface area contributed by atoms with Gasteiger partial charge in [-0.15, -0.1) is 5.10 Å². The summed E-state index contributed by atoms with van der Waals surface area (Å²) in [5.74, 6) is -0.313. The number of carbonyl (C=O) groups is 1. The van der Waals surface area contributed by atoms with Gasteiger partial charge in [-0.3, -0.25) is 0 Å². The molecule has 0 saturated heterocycles. The van der Waals surface area contributed by atoms with Gasteiger partial charge in [-0.05, 0) is 32.9 Å². The Morgan fingerprint density at radius 3 is 2.76 bits per heavy atom. The van der Waals surface area contributed by atoms with Crippen LogP contribution in [-0.4, -0.2) is 31.2 Å². The lowest BCUT2D eigenvalue weighted by Crippen LogP contribution is -2.12. The van der Waals surface area contributed by atoms with E-state index in [4.69, 9.17) is 4.52 Å². The average Bonchev–Trinajstić information content (AvgIpc) is 3.01. The lowest BCUT2D eigenvalue weighted by molar-refractivity contribution is 0.0698. The van der Waals surface area contributed by atoms with Gasteiger partial charge in [0.15, 0.2) is 0 Å². The van der Waals surface area contributed by atoms with Crippen molar-refractivity contribution < 1.29 is 14.4 Å². The summed E-state index contributed by atoms with van der Waals surface area (Å²) in [6.45, 7) is 5.59. The summed E-state index contributed by atoms with van der Waals surface area (Å²) >= 11 is 0. The molecule has 0 saturated carbocycles. The first kappa shape index (κ1) is 13.3. The predicted octanol–water partition coefficient (Wildman–Crippen LogP) is 2.34. The molecule has 0 aliphatic rings. The summed E-state index contributed by atoms with van der Waals surface area (Å²) < 4.78 is 6.78. The molecule has 1 N–H and O–H groups in total. The van der Waals surface area contributed by atoms with Gasteiger partial charge in [-0.25, -0.2) is 9.48 Å². The maximum absolute atomic E-state index is 11.4. The Kier molecular flexibility index (Phi) is 2.97. The number of aromatic carboxylic acids is 1. The molecule has 1 unspecified atom stereocenters. The molecule has 108 valence electrons. The van der Waals surface area contributed by atoms with Crippen molar-refractivity contribution in [3.63, 3.8) is 0 Å². The molecule has 0 amide bonds. The minimum absolute atomic E-state index is 0.177. The van der Waals surface area contributed by atoms with E-state index in [-0.39, 0.29) is 11.6 Å². The van der Waals surface area contributed by atoms with Crippen molar-refractivity contribution in [2.24, 2.45) is 0 Å². The Morgan fingerprint density at radius 2 is 2.14 bits per heavy atom. The van der Waals surface area contributed by atoms with Crippen LogP contribution < -0.4 is 0 Å². The van der Waals surface area contributed by atoms with Crippen LogP contribution in [0.2, 0.25) is 0 Å². The summed E-state index contributed by atoms with van der Waals surface area (Å²) in [6, 6.07) is 4.73. The molecule has 2 heterocycles. The molecule has 3 rings (SSSR count). The summed E-state index contributed by atoms with van der Waals surface area (Å²) in [4.78, 5) is 11.4. The first-order valence-corrected chi connectivity index (χ1v) is 6.50. The van der Waals surface area contributed by atoms with E-state index in [1.165, 1.54) is 0 Å². The maximum atomic E-state index is 11.4. The first-order chi connectivity index (χ1) is 10.0. The highest BCUT2D eigenvalue weighted by atomic mass is 16.5. The van der Waals surface area contributed by atoms with Crippen molar-refractivity contribution in [2.45, 2.75) is 26.8 Å². The second kappa shape index (κ2) is 4.69. The molecule has 1 aromatic carbocycles. The molecule has 0 spiro atoms. The molecule has 0 bridgehead atoms. The number of carboxylic acid groups (broad SMARTS) is 1. The van der Waals surface area contributed by atoms with E-state index in [1.54, 1.807) is 22.9 Å². The Labute approximate surface area is 120 Å². The van der Waals surface area contributed by atoms with E-state index in [2.05, 4.69) is 15.5 Å². The Hall–Kier alpha value is -2.70. The number of hydrogen-bond acceptors (Lipinski definition) is 5. The zero-order chi connectivity index (χ0) is 15.1. The standard InChI is InChI=1S/C14H14N4O3/c1-7-12(9(3)21-16-7)8(2)18-13-10(14(19)20)5-4-6-11(13)15-17-18/h4-6,8H,1-3H3,(H,19,20).